The van der Waals surface area contributed by atoms with Crippen LogP contribution in [0.3, 0.4) is 0 Å². The molecule has 1 aliphatic heterocycles. The van der Waals surface area contributed by atoms with Gasteiger partial charge >= 0.3 is 0 Å². The number of aryl methyl sites for hydroxylation is 2. The Morgan fingerprint density at radius 2 is 1.90 bits per heavy atom. The number of amides is 1. The zero-order valence-electron chi connectivity index (χ0n) is 17.2. The number of carbonyl (C=O) groups is 1. The maximum atomic E-state index is 13.7. The fourth-order valence-corrected chi connectivity index (χ4v) is 5.20. The van der Waals surface area contributed by atoms with E-state index in [2.05, 4.69) is 32.0 Å². The van der Waals surface area contributed by atoms with Crippen molar-refractivity contribution in [1.82, 2.24) is 4.98 Å². The number of thiazole rings is 1. The number of aromatic nitrogens is 1. The molecule has 152 valence electrons. The van der Waals surface area contributed by atoms with Crippen molar-refractivity contribution in [2.45, 2.75) is 32.8 Å². The van der Waals surface area contributed by atoms with E-state index in [0.717, 1.165) is 51.1 Å². The summed E-state index contributed by atoms with van der Waals surface area (Å²) >= 11 is 1.59. The van der Waals surface area contributed by atoms with E-state index in [1.54, 1.807) is 11.3 Å². The van der Waals surface area contributed by atoms with Gasteiger partial charge in [0, 0.05) is 12.2 Å². The number of fused-ring (bicyclic) bond motifs is 2. The van der Waals surface area contributed by atoms with E-state index in [-0.39, 0.29) is 12.0 Å². The highest BCUT2D eigenvalue weighted by atomic mass is 32.1. The summed E-state index contributed by atoms with van der Waals surface area (Å²) in [4.78, 5) is 20.4. The van der Waals surface area contributed by atoms with Gasteiger partial charge in [0.15, 0.2) is 5.13 Å². The lowest BCUT2D eigenvalue weighted by molar-refractivity contribution is 0.0917. The quantitative estimate of drug-likeness (QED) is 0.416. The van der Waals surface area contributed by atoms with Crippen molar-refractivity contribution in [1.29, 1.82) is 0 Å². The molecular formula is C25H24N2O2S. The van der Waals surface area contributed by atoms with Crippen LogP contribution in [0.5, 0.6) is 0 Å². The lowest BCUT2D eigenvalue weighted by Gasteiger charge is -2.23. The van der Waals surface area contributed by atoms with Crippen molar-refractivity contribution in [3.63, 3.8) is 0 Å². The van der Waals surface area contributed by atoms with Crippen LogP contribution in [0, 0.1) is 13.8 Å². The Morgan fingerprint density at radius 3 is 2.67 bits per heavy atom. The number of hydrogen-bond acceptors (Lipinski definition) is 4. The van der Waals surface area contributed by atoms with Crippen LogP contribution in [0.1, 0.15) is 34.3 Å². The molecule has 1 atom stereocenters. The van der Waals surface area contributed by atoms with E-state index in [1.807, 2.05) is 41.3 Å². The number of ether oxygens (including phenoxy) is 1. The van der Waals surface area contributed by atoms with Crippen molar-refractivity contribution >= 4 is 43.4 Å². The third kappa shape index (κ3) is 3.48. The van der Waals surface area contributed by atoms with Gasteiger partial charge in [-0.3, -0.25) is 9.69 Å². The molecule has 0 radical (unpaired) electrons. The summed E-state index contributed by atoms with van der Waals surface area (Å²) in [5, 5.41) is 2.94. The lowest BCUT2D eigenvalue weighted by atomic mass is 10.1. The second kappa shape index (κ2) is 7.82. The van der Waals surface area contributed by atoms with Crippen LogP contribution in [0.15, 0.2) is 54.6 Å². The first kappa shape index (κ1) is 19.2. The zero-order chi connectivity index (χ0) is 20.7. The van der Waals surface area contributed by atoms with Crippen molar-refractivity contribution in [2.24, 2.45) is 0 Å². The number of hydrogen-bond donors (Lipinski definition) is 0. The Labute approximate surface area is 180 Å². The Balaban J connectivity index is 1.58. The van der Waals surface area contributed by atoms with Gasteiger partial charge in [-0.05, 0) is 60.7 Å². The molecule has 5 heteroatoms. The third-order valence-corrected chi connectivity index (χ3v) is 7.03. The van der Waals surface area contributed by atoms with Gasteiger partial charge in [0.1, 0.15) is 0 Å². The van der Waals surface area contributed by atoms with E-state index in [0.29, 0.717) is 12.1 Å². The molecule has 1 fully saturated rings. The molecule has 4 aromatic rings. The number of carbonyl (C=O) groups excluding carboxylic acids is 1. The second-order valence-electron chi connectivity index (χ2n) is 7.99. The van der Waals surface area contributed by atoms with Crippen LogP contribution in [0.25, 0.3) is 21.0 Å². The molecule has 1 saturated heterocycles. The average Bonchev–Trinajstić information content (AvgIpc) is 3.44. The van der Waals surface area contributed by atoms with E-state index < -0.39 is 0 Å². The number of anilines is 1. The first-order valence-corrected chi connectivity index (χ1v) is 11.2. The van der Waals surface area contributed by atoms with Crippen molar-refractivity contribution in [2.75, 3.05) is 18.1 Å². The molecular weight excluding hydrogens is 392 g/mol. The number of nitrogens with zero attached hydrogens (tertiary/aromatic N) is 2. The Morgan fingerprint density at radius 1 is 1.10 bits per heavy atom. The summed E-state index contributed by atoms with van der Waals surface area (Å²) in [6.45, 7) is 5.46. The highest BCUT2D eigenvalue weighted by Crippen LogP contribution is 2.34. The molecule has 0 spiro atoms. The van der Waals surface area contributed by atoms with Crippen LogP contribution in [-0.4, -0.2) is 30.1 Å². The molecule has 5 rings (SSSR count). The maximum Gasteiger partial charge on any atom is 0.260 e. The van der Waals surface area contributed by atoms with Gasteiger partial charge in [-0.2, -0.15) is 0 Å². The zero-order valence-corrected chi connectivity index (χ0v) is 18.0. The fourth-order valence-electron chi connectivity index (χ4n) is 4.08. The third-order valence-electron chi connectivity index (χ3n) is 5.81. The molecule has 30 heavy (non-hydrogen) atoms. The van der Waals surface area contributed by atoms with E-state index in [1.165, 1.54) is 5.56 Å². The molecule has 0 N–H and O–H groups in total. The van der Waals surface area contributed by atoms with Gasteiger partial charge in [-0.25, -0.2) is 4.98 Å². The van der Waals surface area contributed by atoms with Crippen molar-refractivity contribution in [3.05, 3.63) is 71.3 Å². The highest BCUT2D eigenvalue weighted by molar-refractivity contribution is 7.22. The first-order chi connectivity index (χ1) is 14.6. The van der Waals surface area contributed by atoms with E-state index in [4.69, 9.17) is 9.72 Å². The SMILES string of the molecule is Cc1ccc(C)c2sc(N(CC3CCCO3)C(=O)c3ccc4ccccc4c3)nc12. The first-order valence-electron chi connectivity index (χ1n) is 10.4. The molecule has 1 aromatic heterocycles. The molecule has 0 saturated carbocycles. The van der Waals surface area contributed by atoms with Crippen molar-refractivity contribution < 1.29 is 9.53 Å². The van der Waals surface area contributed by atoms with Crippen molar-refractivity contribution in [3.8, 4) is 0 Å². The minimum absolute atomic E-state index is 0.0226. The Kier molecular flexibility index (Phi) is 5.01. The van der Waals surface area contributed by atoms with Crippen LogP contribution in [0.4, 0.5) is 5.13 Å². The normalized spacial score (nSPS) is 16.4. The summed E-state index contributed by atoms with van der Waals surface area (Å²) in [5.74, 6) is -0.0226. The van der Waals surface area contributed by atoms with E-state index >= 15 is 0 Å². The molecule has 1 amide bonds. The Bertz CT molecular complexity index is 1200. The van der Waals surface area contributed by atoms with Gasteiger partial charge < -0.3 is 4.74 Å². The summed E-state index contributed by atoms with van der Waals surface area (Å²) in [6, 6.07) is 18.2. The molecule has 1 aliphatic rings. The number of benzene rings is 3. The monoisotopic (exact) mass is 416 g/mol. The number of rotatable bonds is 4. The van der Waals surface area contributed by atoms with Gasteiger partial charge in [0.2, 0.25) is 0 Å². The van der Waals surface area contributed by atoms with E-state index in [9.17, 15) is 4.79 Å². The lowest BCUT2D eigenvalue weighted by Crippen LogP contribution is -2.37. The maximum absolute atomic E-state index is 13.7. The minimum Gasteiger partial charge on any atom is -0.376 e. The molecule has 0 bridgehead atoms. The van der Waals surface area contributed by atoms with Crippen LogP contribution < -0.4 is 4.90 Å². The molecule has 0 aliphatic carbocycles. The van der Waals surface area contributed by atoms with Crippen LogP contribution >= 0.6 is 11.3 Å². The predicted molar refractivity (Wildman–Crippen MR) is 124 cm³/mol. The topological polar surface area (TPSA) is 42.4 Å². The molecule has 4 nitrogen and oxygen atoms in total. The fraction of sp³-hybridized carbons (Fsp3) is 0.280. The largest absolute Gasteiger partial charge is 0.376 e. The molecule has 3 aromatic carbocycles. The van der Waals surface area contributed by atoms with Gasteiger partial charge in [-0.15, -0.1) is 0 Å². The average molecular weight is 417 g/mol. The van der Waals surface area contributed by atoms with Gasteiger partial charge in [0.25, 0.3) is 5.91 Å². The summed E-state index contributed by atoms with van der Waals surface area (Å²) in [5.41, 5.74) is 3.99. The summed E-state index contributed by atoms with van der Waals surface area (Å²) < 4.78 is 7.01. The summed E-state index contributed by atoms with van der Waals surface area (Å²) in [6.07, 6.45) is 2.08. The second-order valence-corrected chi connectivity index (χ2v) is 8.96. The van der Waals surface area contributed by atoms with Gasteiger partial charge in [0.05, 0.1) is 22.9 Å². The van der Waals surface area contributed by atoms with Crippen LogP contribution in [-0.2, 0) is 4.74 Å². The molecule has 1 unspecified atom stereocenters. The smallest absolute Gasteiger partial charge is 0.260 e. The Hall–Kier alpha value is -2.76. The van der Waals surface area contributed by atoms with Gasteiger partial charge in [-0.1, -0.05) is 53.8 Å². The molecule has 2 heterocycles. The highest BCUT2D eigenvalue weighted by Gasteiger charge is 2.27. The predicted octanol–water partition coefficient (Wildman–Crippen LogP) is 5.89. The minimum atomic E-state index is -0.0226. The van der Waals surface area contributed by atoms with Crippen LogP contribution in [0.2, 0.25) is 0 Å². The standard InChI is InChI=1S/C25H24N2O2S/c1-16-9-10-17(2)23-22(16)26-25(30-23)27(15-21-8-5-13-29-21)24(28)20-12-11-18-6-3-4-7-19(18)14-20/h3-4,6-7,9-12,14,21H,5,8,13,15H2,1-2H3. The summed E-state index contributed by atoms with van der Waals surface area (Å²) in [7, 11) is 0.